The minimum atomic E-state index is -0.482. The topological polar surface area (TPSA) is 49.4 Å². The Hall–Kier alpha value is -1.92. The molecule has 4 nitrogen and oxygen atoms in total. The summed E-state index contributed by atoms with van der Waals surface area (Å²) in [5.74, 6) is 0.878. The second kappa shape index (κ2) is 9.48. The van der Waals surface area contributed by atoms with Gasteiger partial charge in [0.2, 0.25) is 11.8 Å². The van der Waals surface area contributed by atoms with E-state index in [9.17, 15) is 9.59 Å². The molecule has 0 radical (unpaired) electrons. The number of rotatable bonds is 5. The fraction of sp³-hybridized carbons (Fsp3) is 0.417. The monoisotopic (exact) mass is 440 g/mol. The standard InChI is InChI=1S/C24H28N2O2S2/c1-16-15-30-22-9-5-8-20(24(28)26(16)22)25-23(27)21(29)14-17-10-12-19(13-11-17)18-6-3-2-4-7-18/h2-4,6-7,10-13,16,20-22,29H,5,8-9,14-15H2,1H3,(H,25,27)/t16-,20+,21+,22-/m1/s1. The van der Waals surface area contributed by atoms with Crippen molar-refractivity contribution in [2.45, 2.75) is 55.3 Å². The molecule has 2 saturated heterocycles. The Bertz CT molecular complexity index is 888. The first-order chi connectivity index (χ1) is 14.5. The number of nitrogens with zero attached hydrogens (tertiary/aromatic N) is 1. The maximum Gasteiger partial charge on any atom is 0.246 e. The average molecular weight is 441 g/mol. The summed E-state index contributed by atoms with van der Waals surface area (Å²) in [6, 6.07) is 18.3. The lowest BCUT2D eigenvalue weighted by Gasteiger charge is -2.28. The van der Waals surface area contributed by atoms with Gasteiger partial charge in [-0.1, -0.05) is 54.6 Å². The summed E-state index contributed by atoms with van der Waals surface area (Å²) in [6.07, 6.45) is 3.20. The van der Waals surface area contributed by atoms with Gasteiger partial charge in [0.25, 0.3) is 0 Å². The fourth-order valence-corrected chi connectivity index (χ4v) is 6.01. The quantitative estimate of drug-likeness (QED) is 0.687. The number of fused-ring (bicyclic) bond motifs is 1. The van der Waals surface area contributed by atoms with E-state index in [2.05, 4.69) is 49.1 Å². The number of thioether (sulfide) groups is 1. The van der Waals surface area contributed by atoms with E-state index in [0.717, 1.165) is 29.7 Å². The van der Waals surface area contributed by atoms with Crippen LogP contribution in [0.25, 0.3) is 11.1 Å². The largest absolute Gasteiger partial charge is 0.343 e. The minimum absolute atomic E-state index is 0.0658. The molecule has 0 saturated carbocycles. The van der Waals surface area contributed by atoms with Crippen molar-refractivity contribution in [3.8, 4) is 11.1 Å². The van der Waals surface area contributed by atoms with E-state index in [-0.39, 0.29) is 23.2 Å². The van der Waals surface area contributed by atoms with Crippen LogP contribution >= 0.6 is 24.4 Å². The molecule has 0 aromatic heterocycles. The summed E-state index contributed by atoms with van der Waals surface area (Å²) >= 11 is 6.40. The van der Waals surface area contributed by atoms with E-state index in [0.29, 0.717) is 12.8 Å². The zero-order valence-corrected chi connectivity index (χ0v) is 18.9. The maximum atomic E-state index is 13.0. The molecular weight excluding hydrogens is 412 g/mol. The van der Waals surface area contributed by atoms with Gasteiger partial charge in [0.05, 0.1) is 10.6 Å². The zero-order valence-electron chi connectivity index (χ0n) is 17.2. The van der Waals surface area contributed by atoms with Crippen LogP contribution in [0.2, 0.25) is 0 Å². The molecule has 2 heterocycles. The summed E-state index contributed by atoms with van der Waals surface area (Å²) in [5.41, 5.74) is 3.38. The molecule has 2 aromatic rings. The highest BCUT2D eigenvalue weighted by atomic mass is 32.2. The third-order valence-electron chi connectivity index (χ3n) is 5.92. The van der Waals surface area contributed by atoms with E-state index >= 15 is 0 Å². The molecule has 0 aliphatic carbocycles. The molecule has 0 spiro atoms. The number of nitrogens with one attached hydrogen (secondary N) is 1. The lowest BCUT2D eigenvalue weighted by atomic mass is 10.0. The highest BCUT2D eigenvalue weighted by Gasteiger charge is 2.40. The van der Waals surface area contributed by atoms with Crippen LogP contribution in [0.4, 0.5) is 0 Å². The first-order valence-electron chi connectivity index (χ1n) is 10.6. The van der Waals surface area contributed by atoms with Crippen molar-refractivity contribution >= 4 is 36.2 Å². The summed E-state index contributed by atoms with van der Waals surface area (Å²) < 4.78 is 0. The molecule has 2 amide bonds. The molecule has 4 atom stereocenters. The fourth-order valence-electron chi connectivity index (χ4n) is 4.26. The van der Waals surface area contributed by atoms with Gasteiger partial charge in [-0.2, -0.15) is 12.6 Å². The molecule has 1 N–H and O–H groups in total. The molecule has 4 rings (SSSR count). The molecule has 2 aliphatic rings. The molecule has 2 aliphatic heterocycles. The normalized spacial score (nSPS) is 24.8. The van der Waals surface area contributed by atoms with Gasteiger partial charge in [-0.05, 0) is 49.3 Å². The second-order valence-electron chi connectivity index (χ2n) is 8.16. The van der Waals surface area contributed by atoms with Crippen LogP contribution in [-0.2, 0) is 16.0 Å². The van der Waals surface area contributed by atoms with E-state index in [4.69, 9.17) is 0 Å². The van der Waals surface area contributed by atoms with Gasteiger partial charge >= 0.3 is 0 Å². The summed E-state index contributed by atoms with van der Waals surface area (Å²) in [7, 11) is 0. The molecule has 2 fully saturated rings. The van der Waals surface area contributed by atoms with Crippen LogP contribution < -0.4 is 5.32 Å². The first-order valence-corrected chi connectivity index (χ1v) is 12.2. The van der Waals surface area contributed by atoms with Crippen molar-refractivity contribution in [2.24, 2.45) is 0 Å². The van der Waals surface area contributed by atoms with Gasteiger partial charge < -0.3 is 10.2 Å². The minimum Gasteiger partial charge on any atom is -0.343 e. The number of thiol groups is 1. The summed E-state index contributed by atoms with van der Waals surface area (Å²) in [5, 5.41) is 2.77. The van der Waals surface area contributed by atoms with E-state index < -0.39 is 11.3 Å². The number of carbonyl (C=O) groups is 2. The average Bonchev–Trinajstić information content (AvgIpc) is 3.05. The van der Waals surface area contributed by atoms with Crippen LogP contribution in [0, 0.1) is 0 Å². The number of hydrogen-bond acceptors (Lipinski definition) is 4. The van der Waals surface area contributed by atoms with Crippen LogP contribution in [0.3, 0.4) is 0 Å². The van der Waals surface area contributed by atoms with Crippen LogP contribution in [0.1, 0.15) is 31.7 Å². The maximum absolute atomic E-state index is 13.0. The Balaban J connectivity index is 1.36. The van der Waals surface area contributed by atoms with Crippen LogP contribution in [-0.4, -0.2) is 45.2 Å². The Morgan fingerprint density at radius 3 is 2.57 bits per heavy atom. The highest BCUT2D eigenvalue weighted by molar-refractivity contribution is 8.00. The Labute approximate surface area is 188 Å². The van der Waals surface area contributed by atoms with Gasteiger partial charge in [-0.25, -0.2) is 0 Å². The van der Waals surface area contributed by atoms with Gasteiger partial charge in [-0.15, -0.1) is 11.8 Å². The predicted octanol–water partition coefficient (Wildman–Crippen LogP) is 4.15. The Kier molecular flexibility index (Phi) is 6.74. The summed E-state index contributed by atoms with van der Waals surface area (Å²) in [4.78, 5) is 27.8. The van der Waals surface area contributed by atoms with Crippen molar-refractivity contribution in [3.05, 3.63) is 60.2 Å². The third kappa shape index (κ3) is 4.70. The Morgan fingerprint density at radius 1 is 1.13 bits per heavy atom. The third-order valence-corrected chi connectivity index (χ3v) is 7.86. The van der Waals surface area contributed by atoms with Crippen molar-refractivity contribution < 1.29 is 9.59 Å². The molecule has 0 unspecified atom stereocenters. The van der Waals surface area contributed by atoms with Gasteiger partial charge in [0.15, 0.2) is 0 Å². The number of benzene rings is 2. The summed E-state index contributed by atoms with van der Waals surface area (Å²) in [6.45, 7) is 2.09. The number of carbonyl (C=O) groups excluding carboxylic acids is 2. The number of amides is 2. The zero-order chi connectivity index (χ0) is 21.1. The first kappa shape index (κ1) is 21.3. The highest BCUT2D eigenvalue weighted by Crippen LogP contribution is 2.35. The van der Waals surface area contributed by atoms with E-state index in [1.54, 1.807) is 0 Å². The lowest BCUT2D eigenvalue weighted by Crippen LogP contribution is -2.51. The Morgan fingerprint density at radius 2 is 1.83 bits per heavy atom. The molecule has 30 heavy (non-hydrogen) atoms. The van der Waals surface area contributed by atoms with Crippen molar-refractivity contribution in [3.63, 3.8) is 0 Å². The van der Waals surface area contributed by atoms with Crippen molar-refractivity contribution in [1.82, 2.24) is 10.2 Å². The molecule has 0 bridgehead atoms. The van der Waals surface area contributed by atoms with Crippen molar-refractivity contribution in [1.29, 1.82) is 0 Å². The number of hydrogen-bond donors (Lipinski definition) is 2. The van der Waals surface area contributed by atoms with Gasteiger partial charge in [0.1, 0.15) is 6.04 Å². The second-order valence-corrected chi connectivity index (χ2v) is 9.99. The molecular formula is C24H28N2O2S2. The predicted molar refractivity (Wildman–Crippen MR) is 127 cm³/mol. The molecule has 6 heteroatoms. The van der Waals surface area contributed by atoms with Gasteiger partial charge in [0, 0.05) is 11.8 Å². The van der Waals surface area contributed by atoms with Crippen LogP contribution in [0.15, 0.2) is 54.6 Å². The van der Waals surface area contributed by atoms with E-state index in [1.807, 2.05) is 47.0 Å². The smallest absolute Gasteiger partial charge is 0.246 e. The van der Waals surface area contributed by atoms with Crippen LogP contribution in [0.5, 0.6) is 0 Å². The molecule has 158 valence electrons. The van der Waals surface area contributed by atoms with Crippen molar-refractivity contribution in [2.75, 3.05) is 5.75 Å². The lowest BCUT2D eigenvalue weighted by molar-refractivity contribution is -0.137. The van der Waals surface area contributed by atoms with Gasteiger partial charge in [-0.3, -0.25) is 9.59 Å². The molecule has 2 aromatic carbocycles. The van der Waals surface area contributed by atoms with E-state index in [1.165, 1.54) is 5.56 Å². The SMILES string of the molecule is C[C@@H]1CS[C@@H]2CCC[C@H](NC(=O)[C@@H](S)Cc3ccc(-c4ccccc4)cc3)C(=O)N12.